The molecule has 3 unspecified atom stereocenters. The summed E-state index contributed by atoms with van der Waals surface area (Å²) >= 11 is 0. The Balaban J connectivity index is 1.40. The van der Waals surface area contributed by atoms with E-state index in [0.29, 0.717) is 18.1 Å². The molecule has 2 aromatic carbocycles. The van der Waals surface area contributed by atoms with Gasteiger partial charge in [-0.25, -0.2) is 0 Å². The third-order valence-corrected chi connectivity index (χ3v) is 8.21. The van der Waals surface area contributed by atoms with Crippen LogP contribution in [-0.2, 0) is 0 Å². The molecule has 34 heavy (non-hydrogen) atoms. The standard InChI is InChI=1S/C30H39N3O/c1-3-18-33-27-15-16-28(33)21-32(19-17-27)29(25-8-6-7-22(2)20-25)23-11-13-24(14-12-23)30(34)31-26-9-4-5-10-26/h3,6-8,11-14,20,26-29H,1,4-5,9-10,15-19,21H2,2H3,(H,31,34). The molecule has 4 heteroatoms. The van der Waals surface area contributed by atoms with Crippen LogP contribution in [0, 0.1) is 6.92 Å². The summed E-state index contributed by atoms with van der Waals surface area (Å²) in [6.07, 6.45) is 10.5. The molecule has 1 aliphatic carbocycles. The summed E-state index contributed by atoms with van der Waals surface area (Å²) in [6.45, 7) is 9.34. The third kappa shape index (κ3) is 4.99. The van der Waals surface area contributed by atoms with Gasteiger partial charge in [0, 0.05) is 43.3 Å². The molecule has 2 aromatic rings. The van der Waals surface area contributed by atoms with Crippen molar-refractivity contribution in [3.05, 3.63) is 83.4 Å². The molecule has 2 heterocycles. The van der Waals surface area contributed by atoms with Crippen molar-refractivity contribution in [2.24, 2.45) is 0 Å². The van der Waals surface area contributed by atoms with Crippen molar-refractivity contribution in [2.45, 2.75) is 76.0 Å². The van der Waals surface area contributed by atoms with E-state index in [2.05, 4.69) is 71.1 Å². The number of rotatable bonds is 7. The molecule has 3 aliphatic rings. The molecule has 0 aromatic heterocycles. The van der Waals surface area contributed by atoms with E-state index in [1.54, 1.807) is 0 Å². The largest absolute Gasteiger partial charge is 0.349 e. The Bertz CT molecular complexity index is 994. The lowest BCUT2D eigenvalue weighted by Gasteiger charge is -2.34. The van der Waals surface area contributed by atoms with Crippen LogP contribution >= 0.6 is 0 Å². The van der Waals surface area contributed by atoms with Gasteiger partial charge in [0.2, 0.25) is 0 Å². The molecule has 180 valence electrons. The Hall–Kier alpha value is -2.43. The molecule has 3 atom stereocenters. The van der Waals surface area contributed by atoms with Gasteiger partial charge in [-0.2, -0.15) is 0 Å². The van der Waals surface area contributed by atoms with Crippen molar-refractivity contribution in [3.8, 4) is 0 Å². The van der Waals surface area contributed by atoms with Crippen molar-refractivity contribution in [1.82, 2.24) is 15.1 Å². The van der Waals surface area contributed by atoms with Gasteiger partial charge in [-0.15, -0.1) is 6.58 Å². The smallest absolute Gasteiger partial charge is 0.251 e. The van der Waals surface area contributed by atoms with Gasteiger partial charge in [0.05, 0.1) is 6.04 Å². The minimum Gasteiger partial charge on any atom is -0.349 e. The number of carbonyl (C=O) groups excluding carboxylic acids is 1. The molecule has 1 amide bonds. The average Bonchev–Trinajstić information content (AvgIpc) is 3.43. The van der Waals surface area contributed by atoms with Crippen molar-refractivity contribution in [3.63, 3.8) is 0 Å². The summed E-state index contributed by atoms with van der Waals surface area (Å²) in [5, 5.41) is 3.23. The number of nitrogens with one attached hydrogen (secondary N) is 1. The lowest BCUT2D eigenvalue weighted by molar-refractivity contribution is 0.0938. The fourth-order valence-electron chi connectivity index (χ4n) is 6.49. The summed E-state index contributed by atoms with van der Waals surface area (Å²) in [5.74, 6) is 0.0673. The molecule has 4 nitrogen and oxygen atoms in total. The van der Waals surface area contributed by atoms with Gasteiger partial charge >= 0.3 is 0 Å². The zero-order valence-electron chi connectivity index (χ0n) is 20.6. The molecule has 5 rings (SSSR count). The summed E-state index contributed by atoms with van der Waals surface area (Å²) < 4.78 is 0. The number of hydrogen-bond donors (Lipinski definition) is 1. The fraction of sp³-hybridized carbons (Fsp3) is 0.500. The minimum absolute atomic E-state index is 0.0673. The van der Waals surface area contributed by atoms with E-state index in [1.807, 2.05) is 12.1 Å². The highest BCUT2D eigenvalue weighted by Crippen LogP contribution is 2.36. The van der Waals surface area contributed by atoms with Crippen LogP contribution in [0.25, 0.3) is 0 Å². The predicted molar refractivity (Wildman–Crippen MR) is 139 cm³/mol. The molecule has 0 radical (unpaired) electrons. The number of likely N-dealkylation sites (tertiary alicyclic amines) is 1. The van der Waals surface area contributed by atoms with E-state index < -0.39 is 0 Å². The minimum atomic E-state index is 0.0673. The first-order valence-corrected chi connectivity index (χ1v) is 13.2. The highest BCUT2D eigenvalue weighted by molar-refractivity contribution is 5.94. The van der Waals surface area contributed by atoms with Crippen LogP contribution in [0.2, 0.25) is 0 Å². The fourth-order valence-corrected chi connectivity index (χ4v) is 6.49. The van der Waals surface area contributed by atoms with Crippen LogP contribution in [0.15, 0.2) is 61.2 Å². The number of aryl methyl sites for hydroxylation is 1. The molecular weight excluding hydrogens is 418 g/mol. The van der Waals surface area contributed by atoms with Crippen LogP contribution in [0.4, 0.5) is 0 Å². The lowest BCUT2D eigenvalue weighted by atomic mass is 9.93. The molecule has 0 spiro atoms. The second-order valence-electron chi connectivity index (χ2n) is 10.5. The summed E-state index contributed by atoms with van der Waals surface area (Å²) in [4.78, 5) is 18.2. The van der Waals surface area contributed by atoms with Gasteiger partial charge in [-0.3, -0.25) is 14.6 Å². The van der Waals surface area contributed by atoms with Crippen LogP contribution < -0.4 is 5.32 Å². The maximum absolute atomic E-state index is 12.8. The Morgan fingerprint density at radius 1 is 1.03 bits per heavy atom. The zero-order valence-corrected chi connectivity index (χ0v) is 20.6. The van der Waals surface area contributed by atoms with Crippen LogP contribution in [-0.4, -0.2) is 53.5 Å². The normalized spacial score (nSPS) is 24.6. The Labute approximate surface area is 205 Å². The van der Waals surface area contributed by atoms with Crippen molar-refractivity contribution < 1.29 is 4.79 Å². The van der Waals surface area contributed by atoms with Crippen LogP contribution in [0.5, 0.6) is 0 Å². The molecule has 1 N–H and O–H groups in total. The first kappa shape index (κ1) is 23.3. The first-order valence-electron chi connectivity index (χ1n) is 13.2. The van der Waals surface area contributed by atoms with Crippen LogP contribution in [0.3, 0.4) is 0 Å². The second kappa shape index (κ2) is 10.5. The predicted octanol–water partition coefficient (Wildman–Crippen LogP) is 5.48. The van der Waals surface area contributed by atoms with Gasteiger partial charge < -0.3 is 5.32 Å². The highest BCUT2D eigenvalue weighted by Gasteiger charge is 2.38. The van der Waals surface area contributed by atoms with E-state index in [1.165, 1.54) is 48.8 Å². The number of fused-ring (bicyclic) bond motifs is 2. The van der Waals surface area contributed by atoms with E-state index in [-0.39, 0.29) is 11.9 Å². The van der Waals surface area contributed by atoms with Gasteiger partial charge in [0.25, 0.3) is 5.91 Å². The van der Waals surface area contributed by atoms with E-state index >= 15 is 0 Å². The number of hydrogen-bond acceptors (Lipinski definition) is 3. The Morgan fingerprint density at radius 2 is 1.79 bits per heavy atom. The highest BCUT2D eigenvalue weighted by atomic mass is 16.1. The maximum atomic E-state index is 12.8. The number of amides is 1. The topological polar surface area (TPSA) is 35.6 Å². The molecule has 2 bridgehead atoms. The van der Waals surface area contributed by atoms with E-state index in [9.17, 15) is 4.79 Å². The first-order chi connectivity index (χ1) is 16.6. The maximum Gasteiger partial charge on any atom is 0.251 e. The molecular formula is C30H39N3O. The van der Waals surface area contributed by atoms with E-state index in [0.717, 1.165) is 38.0 Å². The number of carbonyl (C=O) groups is 1. The lowest BCUT2D eigenvalue weighted by Crippen LogP contribution is -2.40. The van der Waals surface area contributed by atoms with Crippen molar-refractivity contribution >= 4 is 5.91 Å². The summed E-state index contributed by atoms with van der Waals surface area (Å²) in [5.41, 5.74) is 4.68. The SMILES string of the molecule is C=CCN1C2CCC1CN(C(c1ccc(C(=O)NC3CCCC3)cc1)c1cccc(C)c1)CC2. The Morgan fingerprint density at radius 3 is 2.53 bits per heavy atom. The molecule has 2 saturated heterocycles. The quantitative estimate of drug-likeness (QED) is 0.559. The van der Waals surface area contributed by atoms with E-state index in [4.69, 9.17) is 0 Å². The summed E-state index contributed by atoms with van der Waals surface area (Å²) in [7, 11) is 0. The monoisotopic (exact) mass is 457 g/mol. The number of nitrogens with zero attached hydrogens (tertiary/aromatic N) is 2. The van der Waals surface area contributed by atoms with Gasteiger partial charge in [0.1, 0.15) is 0 Å². The molecule has 1 saturated carbocycles. The number of benzene rings is 2. The molecule has 3 fully saturated rings. The second-order valence-corrected chi connectivity index (χ2v) is 10.5. The van der Waals surface area contributed by atoms with Gasteiger partial charge in [-0.1, -0.05) is 60.9 Å². The Kier molecular flexibility index (Phi) is 7.17. The average molecular weight is 458 g/mol. The third-order valence-electron chi connectivity index (χ3n) is 8.21. The van der Waals surface area contributed by atoms with Gasteiger partial charge in [-0.05, 0) is 62.3 Å². The molecule has 2 aliphatic heterocycles. The van der Waals surface area contributed by atoms with Crippen molar-refractivity contribution in [2.75, 3.05) is 19.6 Å². The zero-order chi connectivity index (χ0) is 23.5. The summed E-state index contributed by atoms with van der Waals surface area (Å²) in [6, 6.07) is 19.2. The van der Waals surface area contributed by atoms with Gasteiger partial charge in [0.15, 0.2) is 0 Å². The van der Waals surface area contributed by atoms with Crippen molar-refractivity contribution in [1.29, 1.82) is 0 Å². The van der Waals surface area contributed by atoms with Crippen LogP contribution in [0.1, 0.15) is 78.0 Å².